The number of methoxy groups -OCH3 is 1. The Morgan fingerprint density at radius 1 is 1.12 bits per heavy atom. The quantitative estimate of drug-likeness (QED) is 0.295. The van der Waals surface area contributed by atoms with E-state index in [0.29, 0.717) is 25.3 Å². The zero-order chi connectivity index (χ0) is 33.7. The molecule has 6 atom stereocenters. The molecule has 0 radical (unpaired) electrons. The Balaban J connectivity index is 1.36. The molecule has 1 amide bonds. The molecular weight excluding hydrogens is 646 g/mol. The van der Waals surface area contributed by atoms with Crippen molar-refractivity contribution in [2.75, 3.05) is 31.7 Å². The van der Waals surface area contributed by atoms with Crippen molar-refractivity contribution in [3.63, 3.8) is 0 Å². The molecule has 254 valence electrons. The highest BCUT2D eigenvalue weighted by Crippen LogP contribution is 2.52. The number of hydrogen-bond donors (Lipinski definition) is 1. The Kier molecular flexibility index (Phi) is 8.84. The molecule has 3 heterocycles. The summed E-state index contributed by atoms with van der Waals surface area (Å²) in [6, 6.07) is 15.5. The number of anilines is 1. The number of benzene rings is 2. The van der Waals surface area contributed by atoms with Crippen LogP contribution in [0.3, 0.4) is 0 Å². The van der Waals surface area contributed by atoms with Crippen LogP contribution in [-0.4, -0.2) is 51.4 Å². The predicted octanol–water partition coefficient (Wildman–Crippen LogP) is 6.82. The molecule has 1 saturated carbocycles. The fourth-order valence-corrected chi connectivity index (χ4v) is 9.97. The Labute approximate surface area is 288 Å². The summed E-state index contributed by atoms with van der Waals surface area (Å²) in [6.07, 6.45) is 13.3. The van der Waals surface area contributed by atoms with Crippen LogP contribution in [-0.2, 0) is 32.2 Å². The van der Waals surface area contributed by atoms with Crippen molar-refractivity contribution in [3.8, 4) is 5.75 Å². The highest BCUT2D eigenvalue weighted by atomic mass is 35.5. The third kappa shape index (κ3) is 5.81. The second-order valence-corrected chi connectivity index (χ2v) is 16.7. The third-order valence-electron chi connectivity index (χ3n) is 11.6. The van der Waals surface area contributed by atoms with E-state index in [-0.39, 0.29) is 28.7 Å². The fourth-order valence-electron chi connectivity index (χ4n) is 8.49. The molecule has 3 aromatic rings. The SMILES string of the molecule is CO[C@@]1(c2cccnc2)/C=C/C[C@H](C)[C@@H](C)S(=O)(=O)NC(=O)c2ccc3c(c2)N(C[C@@H]2CC[C@H]21)C[C@@]1(CCCc2cc(Cl)ccc21)CO3. The van der Waals surface area contributed by atoms with Crippen molar-refractivity contribution >= 4 is 33.2 Å². The molecule has 4 aliphatic rings. The Morgan fingerprint density at radius 3 is 2.73 bits per heavy atom. The lowest BCUT2D eigenvalue weighted by Gasteiger charge is -2.50. The summed E-state index contributed by atoms with van der Waals surface area (Å²) in [4.78, 5) is 20.4. The Hall–Kier alpha value is -3.40. The van der Waals surface area contributed by atoms with Crippen molar-refractivity contribution < 1.29 is 22.7 Å². The number of fused-ring (bicyclic) bond motifs is 4. The molecule has 48 heavy (non-hydrogen) atoms. The van der Waals surface area contributed by atoms with Gasteiger partial charge in [-0.3, -0.25) is 9.78 Å². The minimum Gasteiger partial charge on any atom is -0.490 e. The number of nitrogens with zero attached hydrogens (tertiary/aromatic N) is 2. The minimum absolute atomic E-state index is 0.153. The lowest BCUT2D eigenvalue weighted by Crippen LogP contribution is -2.52. The second-order valence-electron chi connectivity index (χ2n) is 14.3. The number of carbonyl (C=O) groups excluding carboxylic acids is 1. The van der Waals surface area contributed by atoms with Crippen molar-refractivity contribution in [3.05, 3.63) is 100 Å². The van der Waals surface area contributed by atoms with Crippen LogP contribution in [0.5, 0.6) is 5.75 Å². The number of aryl methyl sites for hydroxylation is 1. The van der Waals surface area contributed by atoms with Gasteiger partial charge >= 0.3 is 0 Å². The van der Waals surface area contributed by atoms with Crippen LogP contribution in [0.4, 0.5) is 5.69 Å². The van der Waals surface area contributed by atoms with E-state index in [1.165, 1.54) is 11.1 Å². The van der Waals surface area contributed by atoms with Gasteiger partial charge in [0, 0.05) is 60.1 Å². The first kappa shape index (κ1) is 33.1. The highest BCUT2D eigenvalue weighted by Gasteiger charge is 2.50. The first-order valence-corrected chi connectivity index (χ1v) is 19.0. The Morgan fingerprint density at radius 2 is 1.98 bits per heavy atom. The third-order valence-corrected chi connectivity index (χ3v) is 13.7. The average Bonchev–Trinajstić information content (AvgIpc) is 3.22. The van der Waals surface area contributed by atoms with E-state index in [9.17, 15) is 13.2 Å². The first-order chi connectivity index (χ1) is 23.0. The maximum absolute atomic E-state index is 13.5. The standard InChI is InChI=1S/C38H44ClN3O5S/c1-25-7-4-17-38(46-3,30-9-6-18-40-21-30)33-13-10-29(33)22-42-23-37(16-5-8-27-19-31(39)12-14-32(27)37)24-47-35-15-11-28(20-34(35)42)36(43)41-48(44,45)26(25)2/h4,6,9,11-12,14-15,17-21,25-26,29,33H,5,7-8,10,13,16,22-24H2,1-3H3,(H,41,43)/b17-4+/t25-,26+,29-,33+,37-,38+/m0/s1. The van der Waals surface area contributed by atoms with Crippen LogP contribution in [0.25, 0.3) is 0 Å². The van der Waals surface area contributed by atoms with Gasteiger partial charge in [-0.15, -0.1) is 0 Å². The molecule has 7 rings (SSSR count). The van der Waals surface area contributed by atoms with Crippen LogP contribution in [0, 0.1) is 17.8 Å². The maximum Gasteiger partial charge on any atom is 0.264 e. The van der Waals surface area contributed by atoms with Crippen LogP contribution in [0.15, 0.2) is 73.1 Å². The monoisotopic (exact) mass is 689 g/mol. The van der Waals surface area contributed by atoms with Crippen molar-refractivity contribution in [1.29, 1.82) is 0 Å². The zero-order valence-corrected chi connectivity index (χ0v) is 29.4. The second kappa shape index (κ2) is 12.8. The number of ether oxygens (including phenoxy) is 2. The van der Waals surface area contributed by atoms with Crippen LogP contribution in [0.2, 0.25) is 5.02 Å². The summed E-state index contributed by atoms with van der Waals surface area (Å²) in [6.45, 7) is 5.47. The van der Waals surface area contributed by atoms with Gasteiger partial charge in [0.1, 0.15) is 11.4 Å². The molecule has 1 N–H and O–H groups in total. The number of aromatic nitrogens is 1. The van der Waals surface area contributed by atoms with Gasteiger partial charge in [0.05, 0.1) is 17.5 Å². The number of rotatable bonds is 2. The first-order valence-electron chi connectivity index (χ1n) is 17.1. The number of halogens is 1. The van der Waals surface area contributed by atoms with E-state index in [2.05, 4.69) is 45.0 Å². The summed E-state index contributed by atoms with van der Waals surface area (Å²) in [5.41, 5.74) is 3.58. The predicted molar refractivity (Wildman–Crippen MR) is 188 cm³/mol. The van der Waals surface area contributed by atoms with Gasteiger partial charge < -0.3 is 14.4 Å². The van der Waals surface area contributed by atoms with E-state index in [1.54, 1.807) is 26.3 Å². The van der Waals surface area contributed by atoms with Crippen molar-refractivity contribution in [2.24, 2.45) is 17.8 Å². The summed E-state index contributed by atoms with van der Waals surface area (Å²) in [5.74, 6) is 0.234. The van der Waals surface area contributed by atoms with Gasteiger partial charge in [0.2, 0.25) is 10.0 Å². The van der Waals surface area contributed by atoms with Crippen LogP contribution in [0.1, 0.15) is 73.0 Å². The summed E-state index contributed by atoms with van der Waals surface area (Å²) >= 11 is 6.46. The van der Waals surface area contributed by atoms with E-state index in [1.807, 2.05) is 37.4 Å². The average molecular weight is 690 g/mol. The van der Waals surface area contributed by atoms with Gasteiger partial charge in [-0.1, -0.05) is 42.8 Å². The smallest absolute Gasteiger partial charge is 0.264 e. The molecule has 1 fully saturated rings. The molecule has 0 saturated heterocycles. The molecule has 8 nitrogen and oxygen atoms in total. The Bertz CT molecular complexity index is 1830. The molecule has 2 aliphatic heterocycles. The van der Waals surface area contributed by atoms with E-state index in [4.69, 9.17) is 21.1 Å². The lowest BCUT2D eigenvalue weighted by molar-refractivity contribution is -0.0806. The molecule has 2 aliphatic carbocycles. The number of amides is 1. The highest BCUT2D eigenvalue weighted by molar-refractivity contribution is 7.90. The topological polar surface area (TPSA) is 97.8 Å². The number of sulfonamides is 1. The number of nitrogens with one attached hydrogen (secondary N) is 1. The maximum atomic E-state index is 13.5. The molecule has 1 spiro atoms. The van der Waals surface area contributed by atoms with Gasteiger partial charge in [0.15, 0.2) is 0 Å². The number of hydrogen-bond acceptors (Lipinski definition) is 7. The van der Waals surface area contributed by atoms with Crippen molar-refractivity contribution in [1.82, 2.24) is 9.71 Å². The lowest BCUT2D eigenvalue weighted by atomic mass is 9.62. The summed E-state index contributed by atoms with van der Waals surface area (Å²) in [7, 11) is -2.20. The van der Waals surface area contributed by atoms with Crippen molar-refractivity contribution in [2.45, 2.75) is 68.6 Å². The molecule has 10 heteroatoms. The number of carbonyl (C=O) groups is 1. The molecule has 2 aromatic carbocycles. The van der Waals surface area contributed by atoms with Crippen LogP contribution >= 0.6 is 11.6 Å². The number of pyridine rings is 1. The van der Waals surface area contributed by atoms with E-state index < -0.39 is 26.8 Å². The van der Waals surface area contributed by atoms with Crippen LogP contribution < -0.4 is 14.4 Å². The normalized spacial score (nSPS) is 32.1. The molecule has 2 bridgehead atoms. The van der Waals surface area contributed by atoms with E-state index >= 15 is 0 Å². The van der Waals surface area contributed by atoms with E-state index in [0.717, 1.165) is 54.9 Å². The minimum atomic E-state index is -3.96. The fraction of sp³-hybridized carbons (Fsp3) is 0.474. The van der Waals surface area contributed by atoms with Gasteiger partial charge in [-0.05, 0) is 105 Å². The van der Waals surface area contributed by atoms with Gasteiger partial charge in [-0.25, -0.2) is 13.1 Å². The number of allylic oxidation sites excluding steroid dienone is 1. The van der Waals surface area contributed by atoms with Gasteiger partial charge in [-0.2, -0.15) is 0 Å². The molecular formula is C38H44ClN3O5S. The molecule has 1 aromatic heterocycles. The molecule has 0 unspecified atom stereocenters. The van der Waals surface area contributed by atoms with Gasteiger partial charge in [0.25, 0.3) is 5.91 Å². The largest absolute Gasteiger partial charge is 0.490 e. The summed E-state index contributed by atoms with van der Waals surface area (Å²) in [5, 5.41) is -0.0641. The zero-order valence-electron chi connectivity index (χ0n) is 27.8. The summed E-state index contributed by atoms with van der Waals surface area (Å²) < 4.78 is 42.5.